The highest BCUT2D eigenvalue weighted by Crippen LogP contribution is 2.34. The maximum Gasteiger partial charge on any atom is 0.343 e. The van der Waals surface area contributed by atoms with Crippen molar-refractivity contribution in [3.63, 3.8) is 0 Å². The number of carbonyl (C=O) groups excluding carboxylic acids is 1. The number of hydrogen-bond acceptors (Lipinski definition) is 4. The van der Waals surface area contributed by atoms with E-state index in [2.05, 4.69) is 26.0 Å². The fourth-order valence-corrected chi connectivity index (χ4v) is 2.78. The lowest BCUT2D eigenvalue weighted by Gasteiger charge is -2.09. The average molecular weight is 350 g/mol. The van der Waals surface area contributed by atoms with Gasteiger partial charge >= 0.3 is 5.97 Å². The first-order valence-electron chi connectivity index (χ1n) is 8.49. The van der Waals surface area contributed by atoms with E-state index in [0.29, 0.717) is 28.7 Å². The summed E-state index contributed by atoms with van der Waals surface area (Å²) in [6.45, 7) is 4.31. The monoisotopic (exact) mass is 350 g/mol. The van der Waals surface area contributed by atoms with Gasteiger partial charge in [0.15, 0.2) is 11.5 Å². The van der Waals surface area contributed by atoms with E-state index < -0.39 is 0 Å². The number of esters is 1. The van der Waals surface area contributed by atoms with Crippen LogP contribution in [0.2, 0.25) is 0 Å². The number of carbonyl (C=O) groups is 1. The molecule has 1 heterocycles. The molecule has 0 saturated heterocycles. The zero-order valence-corrected chi connectivity index (χ0v) is 15.4. The van der Waals surface area contributed by atoms with Crippen molar-refractivity contribution in [3.05, 3.63) is 70.8 Å². The van der Waals surface area contributed by atoms with Gasteiger partial charge in [0.05, 0.1) is 19.8 Å². The molecule has 0 amide bonds. The standard InChI is InChI=1S/C22H22O4/c1-14(2)16-7-5-15(6-8-16)11-18-13-20(26-22(18)23)17-9-10-19(24-3)21(12-17)25-4/h5-14H,1-4H3. The summed E-state index contributed by atoms with van der Waals surface area (Å²) in [5.74, 6) is 1.83. The van der Waals surface area contributed by atoms with Gasteiger partial charge in [0.25, 0.3) is 0 Å². The van der Waals surface area contributed by atoms with Crippen LogP contribution in [0.3, 0.4) is 0 Å². The minimum absolute atomic E-state index is 0.359. The summed E-state index contributed by atoms with van der Waals surface area (Å²) < 4.78 is 16.0. The zero-order chi connectivity index (χ0) is 18.7. The van der Waals surface area contributed by atoms with Gasteiger partial charge in [-0.2, -0.15) is 0 Å². The van der Waals surface area contributed by atoms with Crippen LogP contribution in [-0.4, -0.2) is 20.2 Å². The van der Waals surface area contributed by atoms with Gasteiger partial charge in [0.2, 0.25) is 0 Å². The van der Waals surface area contributed by atoms with Crippen molar-refractivity contribution < 1.29 is 19.0 Å². The quantitative estimate of drug-likeness (QED) is 0.573. The second kappa shape index (κ2) is 7.48. The van der Waals surface area contributed by atoms with Gasteiger partial charge in [0.1, 0.15) is 5.76 Å². The molecule has 0 aromatic heterocycles. The lowest BCUT2D eigenvalue weighted by Crippen LogP contribution is -1.98. The lowest BCUT2D eigenvalue weighted by molar-refractivity contribution is -0.130. The Morgan fingerprint density at radius 1 is 0.962 bits per heavy atom. The fourth-order valence-electron chi connectivity index (χ4n) is 2.78. The minimum atomic E-state index is -0.359. The summed E-state index contributed by atoms with van der Waals surface area (Å²) in [4.78, 5) is 12.2. The molecule has 26 heavy (non-hydrogen) atoms. The Balaban J connectivity index is 1.89. The molecule has 0 aliphatic carbocycles. The normalized spacial score (nSPS) is 15.2. The van der Waals surface area contributed by atoms with Crippen molar-refractivity contribution in [2.45, 2.75) is 19.8 Å². The highest BCUT2D eigenvalue weighted by molar-refractivity contribution is 6.05. The van der Waals surface area contributed by atoms with Crippen LogP contribution in [0, 0.1) is 0 Å². The zero-order valence-electron chi connectivity index (χ0n) is 15.4. The van der Waals surface area contributed by atoms with Gasteiger partial charge in [0, 0.05) is 5.56 Å². The molecule has 1 aliphatic heterocycles. The van der Waals surface area contributed by atoms with E-state index in [1.54, 1.807) is 32.4 Å². The molecular weight excluding hydrogens is 328 g/mol. The Kier molecular flexibility index (Phi) is 5.12. The van der Waals surface area contributed by atoms with Gasteiger partial charge in [-0.25, -0.2) is 4.79 Å². The van der Waals surface area contributed by atoms with Crippen LogP contribution in [0.4, 0.5) is 0 Å². The third-order valence-corrected chi connectivity index (χ3v) is 4.32. The topological polar surface area (TPSA) is 44.8 Å². The van der Waals surface area contributed by atoms with E-state index in [1.165, 1.54) is 5.56 Å². The average Bonchev–Trinajstić information content (AvgIpc) is 3.02. The third kappa shape index (κ3) is 3.64. The van der Waals surface area contributed by atoms with Crippen molar-refractivity contribution in [2.75, 3.05) is 14.2 Å². The molecular formula is C22H22O4. The summed E-state index contributed by atoms with van der Waals surface area (Å²) in [6.07, 6.45) is 3.58. The van der Waals surface area contributed by atoms with E-state index in [4.69, 9.17) is 14.2 Å². The molecule has 0 bridgehead atoms. The minimum Gasteiger partial charge on any atom is -0.493 e. The Morgan fingerprint density at radius 3 is 2.27 bits per heavy atom. The first-order chi connectivity index (χ1) is 12.5. The lowest BCUT2D eigenvalue weighted by atomic mass is 10.0. The molecule has 0 atom stereocenters. The Hall–Kier alpha value is -3.01. The van der Waals surface area contributed by atoms with Gasteiger partial charge in [-0.15, -0.1) is 0 Å². The van der Waals surface area contributed by atoms with Crippen molar-refractivity contribution >= 4 is 17.8 Å². The predicted molar refractivity (Wildman–Crippen MR) is 102 cm³/mol. The molecule has 0 fully saturated rings. The molecule has 0 unspecified atom stereocenters. The number of rotatable bonds is 5. The molecule has 0 spiro atoms. The summed E-state index contributed by atoms with van der Waals surface area (Å²) in [6, 6.07) is 13.6. The van der Waals surface area contributed by atoms with Crippen LogP contribution in [0.25, 0.3) is 11.8 Å². The van der Waals surface area contributed by atoms with Gasteiger partial charge in [-0.1, -0.05) is 38.1 Å². The maximum absolute atomic E-state index is 12.2. The van der Waals surface area contributed by atoms with E-state index >= 15 is 0 Å². The van der Waals surface area contributed by atoms with Crippen molar-refractivity contribution in [1.29, 1.82) is 0 Å². The van der Waals surface area contributed by atoms with E-state index in [-0.39, 0.29) is 5.97 Å². The molecule has 134 valence electrons. The fraction of sp³-hybridized carbons (Fsp3) is 0.227. The summed E-state index contributed by atoms with van der Waals surface area (Å²) >= 11 is 0. The number of ether oxygens (including phenoxy) is 3. The molecule has 4 heteroatoms. The smallest absolute Gasteiger partial charge is 0.343 e. The van der Waals surface area contributed by atoms with Gasteiger partial charge in [-0.3, -0.25) is 0 Å². The van der Waals surface area contributed by atoms with Crippen LogP contribution in [0.5, 0.6) is 11.5 Å². The molecule has 2 aromatic rings. The Morgan fingerprint density at radius 2 is 1.65 bits per heavy atom. The number of hydrogen-bond donors (Lipinski definition) is 0. The molecule has 0 radical (unpaired) electrons. The molecule has 0 saturated carbocycles. The second-order valence-electron chi connectivity index (χ2n) is 6.39. The maximum atomic E-state index is 12.2. The highest BCUT2D eigenvalue weighted by atomic mass is 16.5. The Bertz CT molecular complexity index is 874. The largest absolute Gasteiger partial charge is 0.493 e. The predicted octanol–water partition coefficient (Wildman–Crippen LogP) is 4.81. The van der Waals surface area contributed by atoms with E-state index in [9.17, 15) is 4.79 Å². The molecule has 2 aromatic carbocycles. The van der Waals surface area contributed by atoms with Crippen LogP contribution >= 0.6 is 0 Å². The van der Waals surface area contributed by atoms with Crippen molar-refractivity contribution in [1.82, 2.24) is 0 Å². The van der Waals surface area contributed by atoms with Crippen LogP contribution < -0.4 is 9.47 Å². The number of cyclic esters (lactones) is 1. The highest BCUT2D eigenvalue weighted by Gasteiger charge is 2.23. The van der Waals surface area contributed by atoms with Gasteiger partial charge < -0.3 is 14.2 Å². The van der Waals surface area contributed by atoms with Crippen LogP contribution in [0.15, 0.2) is 54.1 Å². The number of benzene rings is 2. The summed E-state index contributed by atoms with van der Waals surface area (Å²) in [7, 11) is 3.15. The number of methoxy groups -OCH3 is 2. The summed E-state index contributed by atoms with van der Waals surface area (Å²) in [5, 5.41) is 0. The Labute approximate surface area is 153 Å². The summed E-state index contributed by atoms with van der Waals surface area (Å²) in [5.41, 5.74) is 3.51. The molecule has 1 aliphatic rings. The molecule has 3 rings (SSSR count). The third-order valence-electron chi connectivity index (χ3n) is 4.32. The van der Waals surface area contributed by atoms with Gasteiger partial charge in [-0.05, 0) is 47.4 Å². The van der Waals surface area contributed by atoms with Crippen LogP contribution in [-0.2, 0) is 9.53 Å². The van der Waals surface area contributed by atoms with E-state index in [1.807, 2.05) is 24.3 Å². The van der Waals surface area contributed by atoms with E-state index in [0.717, 1.165) is 11.1 Å². The first kappa shape index (κ1) is 17.8. The molecule has 4 nitrogen and oxygen atoms in total. The van der Waals surface area contributed by atoms with Crippen LogP contribution in [0.1, 0.15) is 36.5 Å². The molecule has 0 N–H and O–H groups in total. The SMILES string of the molecule is COc1ccc(C2=CC(=Cc3ccc(C(C)C)cc3)C(=O)O2)cc1OC. The second-order valence-corrected chi connectivity index (χ2v) is 6.39. The van der Waals surface area contributed by atoms with Crippen molar-refractivity contribution in [3.8, 4) is 11.5 Å². The first-order valence-corrected chi connectivity index (χ1v) is 8.49. The van der Waals surface area contributed by atoms with Crippen molar-refractivity contribution in [2.24, 2.45) is 0 Å².